The van der Waals surface area contributed by atoms with E-state index in [0.717, 1.165) is 33.3 Å². The number of aromatic nitrogens is 2. The van der Waals surface area contributed by atoms with Gasteiger partial charge in [0.1, 0.15) is 28.6 Å². The van der Waals surface area contributed by atoms with Gasteiger partial charge in [0.2, 0.25) is 0 Å². The van der Waals surface area contributed by atoms with Gasteiger partial charge in [0.25, 0.3) is 5.56 Å². The van der Waals surface area contributed by atoms with Gasteiger partial charge in [0, 0.05) is 59.0 Å². The summed E-state index contributed by atoms with van der Waals surface area (Å²) in [4.78, 5) is 28.1. The van der Waals surface area contributed by atoms with Crippen molar-refractivity contribution in [2.24, 2.45) is 7.05 Å². The number of aliphatic hydroxyl groups is 1. The molecule has 3 aromatic carbocycles. The second-order valence-corrected chi connectivity index (χ2v) is 11.1. The average Bonchev–Trinajstić information content (AvgIpc) is 3.45. The van der Waals surface area contributed by atoms with E-state index >= 15 is 0 Å². The normalized spacial score (nSPS) is 11.0. The number of benzene rings is 3. The third-order valence-electron chi connectivity index (χ3n) is 8.66. The lowest BCUT2D eigenvalue weighted by molar-refractivity contribution is 0.0599. The van der Waals surface area contributed by atoms with Crippen molar-refractivity contribution in [1.29, 1.82) is 0 Å². The average molecular weight is 656 g/mol. The van der Waals surface area contributed by atoms with Crippen LogP contribution in [0.4, 0.5) is 5.69 Å². The highest BCUT2D eigenvalue weighted by atomic mass is 16.5. The number of ether oxygens (including phenoxy) is 5. The van der Waals surface area contributed by atoms with Crippen LogP contribution in [0, 0.1) is 0 Å². The summed E-state index contributed by atoms with van der Waals surface area (Å²) in [5.74, 6) is 1.61. The van der Waals surface area contributed by atoms with E-state index in [2.05, 4.69) is 5.32 Å². The van der Waals surface area contributed by atoms with Gasteiger partial charge in [-0.1, -0.05) is 13.0 Å². The second kappa shape index (κ2) is 14.6. The van der Waals surface area contributed by atoms with Gasteiger partial charge in [0.05, 0.1) is 60.1 Å². The molecule has 0 aliphatic carbocycles. The molecule has 2 aromatic heterocycles. The molecule has 0 aliphatic rings. The molecule has 11 nitrogen and oxygen atoms in total. The zero-order chi connectivity index (χ0) is 34.5. The lowest BCUT2D eigenvalue weighted by Gasteiger charge is -2.24. The Morgan fingerprint density at radius 2 is 1.48 bits per heavy atom. The summed E-state index contributed by atoms with van der Waals surface area (Å²) in [6, 6.07) is 18.7. The van der Waals surface area contributed by atoms with E-state index in [1.54, 1.807) is 51.2 Å². The van der Waals surface area contributed by atoms with Gasteiger partial charge in [-0.3, -0.25) is 4.79 Å². The van der Waals surface area contributed by atoms with Gasteiger partial charge in [-0.25, -0.2) is 4.79 Å². The summed E-state index contributed by atoms with van der Waals surface area (Å²) < 4.78 is 30.8. The number of nitrogens with zero attached hydrogens (tertiary/aromatic N) is 2. The number of anilines is 1. The van der Waals surface area contributed by atoms with Crippen LogP contribution in [0.5, 0.6) is 23.0 Å². The molecule has 0 atom stereocenters. The highest BCUT2D eigenvalue weighted by Crippen LogP contribution is 2.36. The third kappa shape index (κ3) is 6.28. The molecule has 0 fully saturated rings. The maximum atomic E-state index is 14.6. The smallest absolute Gasteiger partial charge is 0.345 e. The van der Waals surface area contributed by atoms with Gasteiger partial charge < -0.3 is 43.2 Å². The first-order valence-electron chi connectivity index (χ1n) is 15.5. The van der Waals surface area contributed by atoms with E-state index in [4.69, 9.17) is 23.7 Å². The summed E-state index contributed by atoms with van der Waals surface area (Å²) in [5.41, 5.74) is 5.09. The molecule has 11 heteroatoms. The molecule has 0 amide bonds. The van der Waals surface area contributed by atoms with Crippen molar-refractivity contribution in [3.63, 3.8) is 0 Å². The number of aliphatic hydroxyl groups excluding tert-OH is 1. The van der Waals surface area contributed by atoms with Gasteiger partial charge in [-0.2, -0.15) is 0 Å². The van der Waals surface area contributed by atoms with Crippen LogP contribution in [-0.2, 0) is 37.9 Å². The quantitative estimate of drug-likeness (QED) is 0.157. The van der Waals surface area contributed by atoms with E-state index in [-0.39, 0.29) is 25.3 Å². The van der Waals surface area contributed by atoms with Crippen LogP contribution in [0.1, 0.15) is 39.7 Å². The Morgan fingerprint density at radius 3 is 2.06 bits per heavy atom. The fraction of sp³-hybridized carbons (Fsp3) is 0.297. The predicted molar refractivity (Wildman–Crippen MR) is 185 cm³/mol. The van der Waals surface area contributed by atoms with Crippen molar-refractivity contribution in [3.8, 4) is 34.3 Å². The molecule has 0 saturated heterocycles. The number of hydrogen-bond donors (Lipinski definition) is 2. The summed E-state index contributed by atoms with van der Waals surface area (Å²) in [6.45, 7) is 2.21. The molecular weight excluding hydrogens is 614 g/mol. The van der Waals surface area contributed by atoms with Gasteiger partial charge in [-0.15, -0.1) is 0 Å². The van der Waals surface area contributed by atoms with Crippen LogP contribution in [0.2, 0.25) is 0 Å². The van der Waals surface area contributed by atoms with Crippen LogP contribution in [0.15, 0.2) is 65.5 Å². The van der Waals surface area contributed by atoms with Crippen LogP contribution in [0.25, 0.3) is 22.2 Å². The predicted octanol–water partition coefficient (Wildman–Crippen LogP) is 5.54. The monoisotopic (exact) mass is 655 g/mol. The number of carbonyl (C=O) groups excluding carboxylic acids is 1. The molecular formula is C37H41N3O8. The number of pyridine rings is 1. The van der Waals surface area contributed by atoms with Gasteiger partial charge in [0.15, 0.2) is 0 Å². The van der Waals surface area contributed by atoms with E-state index < -0.39 is 11.5 Å². The largest absolute Gasteiger partial charge is 0.497 e. The zero-order valence-corrected chi connectivity index (χ0v) is 28.3. The summed E-state index contributed by atoms with van der Waals surface area (Å²) in [5, 5.41) is 14.2. The minimum absolute atomic E-state index is 0.0969. The lowest BCUT2D eigenvalue weighted by Crippen LogP contribution is -2.32. The number of fused-ring (bicyclic) bond motifs is 1. The van der Waals surface area contributed by atoms with E-state index in [9.17, 15) is 14.7 Å². The van der Waals surface area contributed by atoms with Crippen molar-refractivity contribution in [3.05, 3.63) is 99.0 Å². The van der Waals surface area contributed by atoms with E-state index in [1.807, 2.05) is 61.0 Å². The second-order valence-electron chi connectivity index (χ2n) is 11.1. The minimum Gasteiger partial charge on any atom is -0.497 e. The summed E-state index contributed by atoms with van der Waals surface area (Å²) in [6.07, 6.45) is 0.468. The molecule has 0 aliphatic heterocycles. The molecule has 5 rings (SSSR count). The molecule has 252 valence electrons. The van der Waals surface area contributed by atoms with E-state index in [1.165, 1.54) is 7.11 Å². The fourth-order valence-electron chi connectivity index (χ4n) is 6.13. The first-order chi connectivity index (χ1) is 23.2. The molecule has 0 saturated carbocycles. The number of aryl methyl sites for hydroxylation is 1. The standard InChI is InChI=1S/C37H41N3O8/c1-8-29-34(38-19-23-9-12-27(44-3)17-31(23)46-5)33(37(43)48-7)36(42)40(20-24-10-13-28(45-4)18-32(24)47-6)35(29)22-11-14-30-25(15-22)16-26(21-41)39(30)2/h9-18,38,41H,8,19-21H2,1-7H3. The highest BCUT2D eigenvalue weighted by Gasteiger charge is 2.28. The SMILES string of the molecule is CCc1c(NCc2ccc(OC)cc2OC)c(C(=O)OC)c(=O)n(Cc2ccc(OC)cc2OC)c1-c1ccc2c(c1)cc(CO)n2C. The molecule has 0 unspecified atom stereocenters. The van der Waals surface area contributed by atoms with Crippen molar-refractivity contribution >= 4 is 22.6 Å². The number of hydrogen-bond acceptors (Lipinski definition) is 9. The first kappa shape index (κ1) is 33.9. The number of esters is 1. The molecule has 0 radical (unpaired) electrons. The molecule has 0 bridgehead atoms. The lowest BCUT2D eigenvalue weighted by atomic mass is 9.96. The molecule has 5 aromatic rings. The Kier molecular flexibility index (Phi) is 10.3. The van der Waals surface area contributed by atoms with E-state index in [0.29, 0.717) is 46.4 Å². The molecule has 0 spiro atoms. The number of methoxy groups -OCH3 is 5. The Hall–Kier alpha value is -5.42. The van der Waals surface area contributed by atoms with Crippen molar-refractivity contribution in [1.82, 2.24) is 9.13 Å². The topological polar surface area (TPSA) is 122 Å². The first-order valence-corrected chi connectivity index (χ1v) is 15.5. The highest BCUT2D eigenvalue weighted by molar-refractivity contribution is 5.98. The van der Waals surface area contributed by atoms with Crippen LogP contribution in [0.3, 0.4) is 0 Å². The number of carbonyl (C=O) groups is 1. The Labute approximate surface area is 279 Å². The Bertz CT molecular complexity index is 2030. The van der Waals surface area contributed by atoms with Crippen LogP contribution >= 0.6 is 0 Å². The molecule has 2 N–H and O–H groups in total. The van der Waals surface area contributed by atoms with Crippen LogP contribution < -0.4 is 29.8 Å². The third-order valence-corrected chi connectivity index (χ3v) is 8.66. The Balaban J connectivity index is 1.79. The Morgan fingerprint density at radius 1 is 0.833 bits per heavy atom. The summed E-state index contributed by atoms with van der Waals surface area (Å²) >= 11 is 0. The van der Waals surface area contributed by atoms with Crippen molar-refractivity contribution in [2.75, 3.05) is 40.9 Å². The molecule has 2 heterocycles. The van der Waals surface area contributed by atoms with Crippen molar-refractivity contribution in [2.45, 2.75) is 33.0 Å². The summed E-state index contributed by atoms with van der Waals surface area (Å²) in [7, 11) is 9.45. The number of rotatable bonds is 13. The van der Waals surface area contributed by atoms with Crippen molar-refractivity contribution < 1.29 is 33.6 Å². The number of nitrogens with one attached hydrogen (secondary N) is 1. The molecule has 48 heavy (non-hydrogen) atoms. The fourth-order valence-corrected chi connectivity index (χ4v) is 6.13. The van der Waals surface area contributed by atoms with Gasteiger partial charge in [-0.05, 0) is 54.4 Å². The van der Waals surface area contributed by atoms with Crippen LogP contribution in [-0.4, -0.2) is 55.8 Å². The van der Waals surface area contributed by atoms with Gasteiger partial charge >= 0.3 is 5.97 Å². The minimum atomic E-state index is -0.757. The maximum absolute atomic E-state index is 14.6. The maximum Gasteiger partial charge on any atom is 0.345 e. The zero-order valence-electron chi connectivity index (χ0n) is 28.3.